The Labute approximate surface area is 148 Å². The zero-order chi connectivity index (χ0) is 19.0. The Balaban J connectivity index is 2.04. The number of amides is 3. The highest BCUT2D eigenvalue weighted by Crippen LogP contribution is 2.33. The summed E-state index contributed by atoms with van der Waals surface area (Å²) in [6, 6.07) is 7.35. The first-order chi connectivity index (χ1) is 12.3. The lowest BCUT2D eigenvalue weighted by Crippen LogP contribution is -2.44. The van der Waals surface area contributed by atoms with Crippen molar-refractivity contribution in [2.24, 2.45) is 0 Å². The molecule has 0 N–H and O–H groups in total. The molecule has 2 aromatic rings. The maximum atomic E-state index is 12.8. The predicted molar refractivity (Wildman–Crippen MR) is 93.8 cm³/mol. The summed E-state index contributed by atoms with van der Waals surface area (Å²) in [5.41, 5.74) is 0.207. The molecule has 0 fully saturated rings. The molecule has 26 heavy (non-hydrogen) atoms. The number of carbonyl (C=O) groups excluding carboxylic acids is 3. The first-order valence-electron chi connectivity index (χ1n) is 7.80. The number of hydrogen-bond acceptors (Lipinski definition) is 5. The molecule has 8 heteroatoms. The van der Waals surface area contributed by atoms with Gasteiger partial charge in [-0.3, -0.25) is 29.4 Å². The number of rotatable bonds is 5. The van der Waals surface area contributed by atoms with Crippen LogP contribution in [0.25, 0.3) is 10.8 Å². The van der Waals surface area contributed by atoms with Gasteiger partial charge in [-0.05, 0) is 17.5 Å². The Hall–Kier alpha value is -3.55. The molecule has 3 rings (SSSR count). The molecule has 2 aromatic carbocycles. The minimum atomic E-state index is -0.609. The Morgan fingerprint density at radius 1 is 1.27 bits per heavy atom. The molecule has 1 aliphatic rings. The molecule has 3 amide bonds. The van der Waals surface area contributed by atoms with Crippen molar-refractivity contribution in [2.45, 2.75) is 0 Å². The van der Waals surface area contributed by atoms with E-state index in [-0.39, 0.29) is 30.2 Å². The van der Waals surface area contributed by atoms with Crippen LogP contribution < -0.4 is 0 Å². The lowest BCUT2D eigenvalue weighted by molar-refractivity contribution is -0.384. The SMILES string of the molecule is C=CC(=O)N(C)CCN1C(=O)c2cccc3cc([N+](=O)[O-])cc(c23)C1=O. The third kappa shape index (κ3) is 2.71. The summed E-state index contributed by atoms with van der Waals surface area (Å²) >= 11 is 0. The van der Waals surface area contributed by atoms with E-state index < -0.39 is 16.7 Å². The average molecular weight is 353 g/mol. The summed E-state index contributed by atoms with van der Waals surface area (Å²) in [7, 11) is 1.53. The highest BCUT2D eigenvalue weighted by Gasteiger charge is 2.34. The van der Waals surface area contributed by atoms with Gasteiger partial charge in [-0.25, -0.2) is 0 Å². The van der Waals surface area contributed by atoms with Crippen molar-refractivity contribution in [3.8, 4) is 0 Å². The molecule has 0 aliphatic carbocycles. The lowest BCUT2D eigenvalue weighted by atomic mass is 9.93. The fraction of sp³-hybridized carbons (Fsp3) is 0.167. The van der Waals surface area contributed by atoms with Gasteiger partial charge in [0, 0.05) is 43.2 Å². The number of nitrogens with zero attached hydrogens (tertiary/aromatic N) is 3. The zero-order valence-corrected chi connectivity index (χ0v) is 14.0. The highest BCUT2D eigenvalue weighted by molar-refractivity contribution is 6.25. The molecule has 0 atom stereocenters. The Kier molecular flexibility index (Phi) is 4.25. The van der Waals surface area contributed by atoms with E-state index in [1.165, 1.54) is 24.1 Å². The van der Waals surface area contributed by atoms with Gasteiger partial charge in [-0.15, -0.1) is 0 Å². The molecule has 132 valence electrons. The minimum absolute atomic E-state index is 0.0216. The number of carbonyl (C=O) groups is 3. The molecular formula is C18H15N3O5. The Morgan fingerprint density at radius 3 is 2.62 bits per heavy atom. The van der Waals surface area contributed by atoms with Gasteiger partial charge in [0.1, 0.15) is 0 Å². The molecule has 0 saturated heterocycles. The summed E-state index contributed by atoms with van der Waals surface area (Å²) in [5.74, 6) is -1.43. The highest BCUT2D eigenvalue weighted by atomic mass is 16.6. The van der Waals surface area contributed by atoms with Crippen LogP contribution in [0.1, 0.15) is 20.7 Å². The van der Waals surface area contributed by atoms with Crippen molar-refractivity contribution >= 4 is 34.2 Å². The van der Waals surface area contributed by atoms with E-state index in [1.807, 2.05) is 0 Å². The quantitative estimate of drug-likeness (QED) is 0.354. The van der Waals surface area contributed by atoms with Gasteiger partial charge >= 0.3 is 0 Å². The molecule has 1 aliphatic heterocycles. The van der Waals surface area contributed by atoms with Crippen molar-refractivity contribution in [2.75, 3.05) is 20.1 Å². The molecular weight excluding hydrogens is 338 g/mol. The number of benzene rings is 2. The van der Waals surface area contributed by atoms with Crippen LogP contribution in [0, 0.1) is 10.1 Å². The zero-order valence-electron chi connectivity index (χ0n) is 14.0. The van der Waals surface area contributed by atoms with Crippen molar-refractivity contribution in [3.63, 3.8) is 0 Å². The van der Waals surface area contributed by atoms with Gasteiger partial charge in [0.05, 0.1) is 10.5 Å². The van der Waals surface area contributed by atoms with Gasteiger partial charge < -0.3 is 4.90 Å². The third-order valence-corrected chi connectivity index (χ3v) is 4.33. The molecule has 0 bridgehead atoms. The van der Waals surface area contributed by atoms with E-state index in [0.29, 0.717) is 16.3 Å². The summed E-state index contributed by atoms with van der Waals surface area (Å²) < 4.78 is 0. The van der Waals surface area contributed by atoms with Crippen LogP contribution in [0.2, 0.25) is 0 Å². The second-order valence-electron chi connectivity index (χ2n) is 5.88. The largest absolute Gasteiger partial charge is 0.340 e. The molecule has 0 unspecified atom stereocenters. The smallest absolute Gasteiger partial charge is 0.270 e. The average Bonchev–Trinajstić information content (AvgIpc) is 2.64. The summed E-state index contributed by atoms with van der Waals surface area (Å²) in [5, 5.41) is 12.0. The molecule has 0 saturated carbocycles. The van der Waals surface area contributed by atoms with Crippen LogP contribution in [-0.4, -0.2) is 52.6 Å². The van der Waals surface area contributed by atoms with Crippen LogP contribution in [0.5, 0.6) is 0 Å². The maximum absolute atomic E-state index is 12.8. The van der Waals surface area contributed by atoms with Gasteiger partial charge in [0.25, 0.3) is 17.5 Å². The number of imide groups is 1. The van der Waals surface area contributed by atoms with Crippen molar-refractivity contribution in [1.29, 1.82) is 0 Å². The van der Waals surface area contributed by atoms with Crippen LogP contribution in [0.15, 0.2) is 43.0 Å². The molecule has 0 radical (unpaired) electrons. The van der Waals surface area contributed by atoms with E-state index >= 15 is 0 Å². The van der Waals surface area contributed by atoms with Crippen LogP contribution in [0.3, 0.4) is 0 Å². The van der Waals surface area contributed by atoms with E-state index in [9.17, 15) is 24.5 Å². The molecule has 1 heterocycles. The summed E-state index contributed by atoms with van der Waals surface area (Å²) in [6.07, 6.45) is 1.14. The topological polar surface area (TPSA) is 101 Å². The van der Waals surface area contributed by atoms with Crippen LogP contribution in [-0.2, 0) is 4.79 Å². The second kappa shape index (κ2) is 6.40. The molecule has 0 spiro atoms. The fourth-order valence-electron chi connectivity index (χ4n) is 2.97. The number of non-ortho nitro benzene ring substituents is 1. The maximum Gasteiger partial charge on any atom is 0.270 e. The van der Waals surface area contributed by atoms with E-state index in [1.54, 1.807) is 18.2 Å². The van der Waals surface area contributed by atoms with Gasteiger partial charge in [-0.1, -0.05) is 18.7 Å². The van der Waals surface area contributed by atoms with Crippen molar-refractivity contribution in [3.05, 3.63) is 64.2 Å². The van der Waals surface area contributed by atoms with Crippen LogP contribution in [0.4, 0.5) is 5.69 Å². The number of nitro benzene ring substituents is 1. The first-order valence-corrected chi connectivity index (χ1v) is 7.80. The van der Waals surface area contributed by atoms with Crippen molar-refractivity contribution in [1.82, 2.24) is 9.80 Å². The van der Waals surface area contributed by atoms with E-state index in [0.717, 1.165) is 11.0 Å². The third-order valence-electron chi connectivity index (χ3n) is 4.33. The second-order valence-corrected chi connectivity index (χ2v) is 5.88. The first kappa shape index (κ1) is 17.3. The number of hydrogen-bond donors (Lipinski definition) is 0. The van der Waals surface area contributed by atoms with E-state index in [4.69, 9.17) is 0 Å². The normalized spacial score (nSPS) is 13.0. The molecule has 0 aromatic heterocycles. The standard InChI is InChI=1S/C18H15N3O5/c1-3-15(22)19(2)7-8-20-17(23)13-6-4-5-11-9-12(21(25)26)10-14(16(11)13)18(20)24/h3-6,9-10H,1,7-8H2,2H3. The number of likely N-dealkylation sites (N-methyl/N-ethyl adjacent to an activating group) is 1. The lowest BCUT2D eigenvalue weighted by Gasteiger charge is -2.28. The van der Waals surface area contributed by atoms with Gasteiger partial charge in [0.15, 0.2) is 0 Å². The summed E-state index contributed by atoms with van der Waals surface area (Å²) in [6.45, 7) is 3.49. The summed E-state index contributed by atoms with van der Waals surface area (Å²) in [4.78, 5) is 50.0. The molecule has 8 nitrogen and oxygen atoms in total. The van der Waals surface area contributed by atoms with Gasteiger partial charge in [0.2, 0.25) is 5.91 Å². The Bertz CT molecular complexity index is 982. The Morgan fingerprint density at radius 2 is 1.96 bits per heavy atom. The van der Waals surface area contributed by atoms with Crippen molar-refractivity contribution < 1.29 is 19.3 Å². The van der Waals surface area contributed by atoms with Crippen LogP contribution >= 0.6 is 0 Å². The minimum Gasteiger partial charge on any atom is -0.340 e. The fourth-order valence-corrected chi connectivity index (χ4v) is 2.97. The van der Waals surface area contributed by atoms with Gasteiger partial charge in [-0.2, -0.15) is 0 Å². The number of nitro groups is 1. The van der Waals surface area contributed by atoms with E-state index in [2.05, 4.69) is 6.58 Å². The monoisotopic (exact) mass is 353 g/mol. The predicted octanol–water partition coefficient (Wildman–Crippen LogP) is 1.99.